The van der Waals surface area contributed by atoms with Gasteiger partial charge in [0.15, 0.2) is 0 Å². The standard InChI is InChI=1S/C33H25N2O3/c1-37-25-16-13-23(14-17-25)24-15-18-28-31(20-24)35(30-12-6-11-29(32(28)30)33(34)36)21-22-7-5-10-27(19-22)38-26-8-3-2-4-9-26/h2-17,19-20H,21H2,1H3,(H2,34,36). The monoisotopic (exact) mass is 497 g/mol. The first kappa shape index (κ1) is 23.4. The molecular weight excluding hydrogens is 472 g/mol. The molecule has 38 heavy (non-hydrogen) atoms. The van der Waals surface area contributed by atoms with Crippen molar-refractivity contribution in [2.24, 2.45) is 5.73 Å². The van der Waals surface area contributed by atoms with Crippen LogP contribution in [0.4, 0.5) is 0 Å². The minimum Gasteiger partial charge on any atom is -0.497 e. The number of nitrogens with two attached hydrogens (primary N) is 1. The van der Waals surface area contributed by atoms with E-state index in [9.17, 15) is 4.79 Å². The Labute approximate surface area is 220 Å². The van der Waals surface area contributed by atoms with E-state index in [4.69, 9.17) is 15.2 Å². The second-order valence-electron chi connectivity index (χ2n) is 9.09. The summed E-state index contributed by atoms with van der Waals surface area (Å²) in [5, 5.41) is 1.68. The Balaban J connectivity index is 1.48. The number of carbonyl (C=O) groups is 1. The van der Waals surface area contributed by atoms with Crippen LogP contribution in [0.25, 0.3) is 32.9 Å². The summed E-state index contributed by atoms with van der Waals surface area (Å²) < 4.78 is 13.6. The molecule has 5 nitrogen and oxygen atoms in total. The van der Waals surface area contributed by atoms with Crippen molar-refractivity contribution in [1.29, 1.82) is 0 Å². The number of rotatable bonds is 7. The average molecular weight is 498 g/mol. The Morgan fingerprint density at radius 3 is 2.32 bits per heavy atom. The Hall–Kier alpha value is -5.03. The van der Waals surface area contributed by atoms with Gasteiger partial charge in [-0.2, -0.15) is 0 Å². The Morgan fingerprint density at radius 2 is 1.55 bits per heavy atom. The molecule has 0 atom stereocenters. The lowest BCUT2D eigenvalue weighted by Gasteiger charge is -2.11. The van der Waals surface area contributed by atoms with Crippen LogP contribution in [0.5, 0.6) is 17.2 Å². The molecule has 1 heterocycles. The second-order valence-corrected chi connectivity index (χ2v) is 9.09. The van der Waals surface area contributed by atoms with Crippen LogP contribution in [0.15, 0.2) is 109 Å². The molecule has 0 spiro atoms. The first-order valence-corrected chi connectivity index (χ1v) is 12.3. The van der Waals surface area contributed by atoms with Gasteiger partial charge >= 0.3 is 0 Å². The van der Waals surface area contributed by atoms with Crippen molar-refractivity contribution in [1.82, 2.24) is 4.57 Å². The normalized spacial score (nSPS) is 11.1. The summed E-state index contributed by atoms with van der Waals surface area (Å²) in [4.78, 5) is 12.4. The zero-order chi connectivity index (χ0) is 26.1. The van der Waals surface area contributed by atoms with E-state index >= 15 is 0 Å². The first-order chi connectivity index (χ1) is 18.6. The molecule has 5 heteroatoms. The summed E-state index contributed by atoms with van der Waals surface area (Å²) in [7, 11) is 1.66. The van der Waals surface area contributed by atoms with E-state index in [1.54, 1.807) is 13.2 Å². The van der Waals surface area contributed by atoms with Gasteiger partial charge in [0, 0.05) is 22.9 Å². The number of ether oxygens (including phenoxy) is 2. The van der Waals surface area contributed by atoms with Gasteiger partial charge in [-0.25, -0.2) is 0 Å². The summed E-state index contributed by atoms with van der Waals surface area (Å²) in [5.41, 5.74) is 11.3. The number of carbonyl (C=O) groups excluding carboxylic acids is 1. The third-order valence-corrected chi connectivity index (χ3v) is 6.70. The van der Waals surface area contributed by atoms with Gasteiger partial charge in [-0.15, -0.1) is 0 Å². The molecule has 0 saturated heterocycles. The first-order valence-electron chi connectivity index (χ1n) is 12.3. The second kappa shape index (κ2) is 9.79. The molecule has 6 rings (SSSR count). The fourth-order valence-corrected chi connectivity index (χ4v) is 4.90. The van der Waals surface area contributed by atoms with Crippen LogP contribution in [0.3, 0.4) is 0 Å². The van der Waals surface area contributed by atoms with E-state index in [-0.39, 0.29) is 0 Å². The number of hydrogen-bond acceptors (Lipinski definition) is 3. The highest BCUT2D eigenvalue weighted by Gasteiger charge is 2.18. The van der Waals surface area contributed by atoms with Gasteiger partial charge in [0.05, 0.1) is 18.1 Å². The van der Waals surface area contributed by atoms with Crippen LogP contribution in [0, 0.1) is 6.07 Å². The van der Waals surface area contributed by atoms with Crippen LogP contribution >= 0.6 is 0 Å². The molecule has 5 aromatic carbocycles. The van der Waals surface area contributed by atoms with Crippen molar-refractivity contribution in [2.45, 2.75) is 6.54 Å². The van der Waals surface area contributed by atoms with E-state index in [2.05, 4.69) is 22.8 Å². The predicted molar refractivity (Wildman–Crippen MR) is 151 cm³/mol. The SMILES string of the molecule is COc1ccc(-c2c[c]c3c4c(C(N)=O)cccc4n(Cc4cccc(Oc5ccccc5)c4)c3c2)cc1. The highest BCUT2D eigenvalue weighted by Crippen LogP contribution is 2.35. The Morgan fingerprint density at radius 1 is 0.789 bits per heavy atom. The van der Waals surface area contributed by atoms with E-state index in [0.717, 1.165) is 55.7 Å². The molecule has 0 aliphatic heterocycles. The topological polar surface area (TPSA) is 66.5 Å². The van der Waals surface area contributed by atoms with Crippen LogP contribution in [0.2, 0.25) is 0 Å². The van der Waals surface area contributed by atoms with Crippen molar-refractivity contribution in [2.75, 3.05) is 7.11 Å². The van der Waals surface area contributed by atoms with Gasteiger partial charge in [-0.3, -0.25) is 4.79 Å². The number of benzene rings is 5. The molecule has 0 fully saturated rings. The van der Waals surface area contributed by atoms with Crippen LogP contribution in [-0.4, -0.2) is 17.6 Å². The summed E-state index contributed by atoms with van der Waals surface area (Å²) in [6.07, 6.45) is 0. The maximum atomic E-state index is 12.4. The van der Waals surface area contributed by atoms with Crippen molar-refractivity contribution in [3.8, 4) is 28.4 Å². The summed E-state index contributed by atoms with van der Waals surface area (Å²) in [6, 6.07) is 38.9. The third kappa shape index (κ3) is 4.35. The zero-order valence-corrected chi connectivity index (χ0v) is 20.8. The molecule has 1 amide bonds. The molecule has 0 bridgehead atoms. The van der Waals surface area contributed by atoms with Crippen LogP contribution in [0.1, 0.15) is 15.9 Å². The van der Waals surface area contributed by atoms with Gasteiger partial charge in [-0.05, 0) is 83.4 Å². The Bertz CT molecular complexity index is 1770. The number of nitrogens with zero attached hydrogens (tertiary/aromatic N) is 1. The quantitative estimate of drug-likeness (QED) is 0.253. The molecule has 6 aromatic rings. The third-order valence-electron chi connectivity index (χ3n) is 6.70. The molecule has 0 saturated carbocycles. The van der Waals surface area contributed by atoms with Gasteiger partial charge in [0.2, 0.25) is 5.91 Å². The molecule has 2 N–H and O–H groups in total. The number of fused-ring (bicyclic) bond motifs is 3. The molecule has 1 aromatic heterocycles. The minimum atomic E-state index is -0.458. The molecular formula is C33H25N2O3. The van der Waals surface area contributed by atoms with E-state index in [1.165, 1.54) is 0 Å². The average Bonchev–Trinajstić information content (AvgIpc) is 3.26. The van der Waals surface area contributed by atoms with Crippen molar-refractivity contribution in [3.05, 3.63) is 126 Å². The molecule has 0 aliphatic rings. The van der Waals surface area contributed by atoms with Crippen molar-refractivity contribution >= 4 is 27.7 Å². The van der Waals surface area contributed by atoms with Crippen LogP contribution < -0.4 is 15.2 Å². The van der Waals surface area contributed by atoms with Gasteiger partial charge in [0.25, 0.3) is 0 Å². The summed E-state index contributed by atoms with van der Waals surface area (Å²) >= 11 is 0. The Kier molecular flexibility index (Phi) is 6.02. The lowest BCUT2D eigenvalue weighted by atomic mass is 10.0. The number of para-hydroxylation sites is 1. The maximum Gasteiger partial charge on any atom is 0.249 e. The van der Waals surface area contributed by atoms with Gasteiger partial charge in [-0.1, -0.05) is 48.5 Å². The predicted octanol–water partition coefficient (Wildman–Crippen LogP) is 7.21. The minimum absolute atomic E-state index is 0.458. The van der Waals surface area contributed by atoms with E-state index in [0.29, 0.717) is 12.1 Å². The molecule has 1 radical (unpaired) electrons. The summed E-state index contributed by atoms with van der Waals surface area (Å²) in [5.74, 6) is 1.89. The smallest absolute Gasteiger partial charge is 0.249 e. The van der Waals surface area contributed by atoms with Crippen molar-refractivity contribution < 1.29 is 14.3 Å². The van der Waals surface area contributed by atoms with E-state index < -0.39 is 5.91 Å². The number of amides is 1. The van der Waals surface area contributed by atoms with E-state index in [1.807, 2.05) is 91.0 Å². The fourth-order valence-electron chi connectivity index (χ4n) is 4.90. The number of primary amides is 1. The van der Waals surface area contributed by atoms with Crippen LogP contribution in [-0.2, 0) is 6.54 Å². The number of aromatic nitrogens is 1. The molecule has 0 unspecified atom stereocenters. The van der Waals surface area contributed by atoms with Gasteiger partial charge < -0.3 is 19.8 Å². The molecule has 0 aliphatic carbocycles. The number of hydrogen-bond donors (Lipinski definition) is 1. The summed E-state index contributed by atoms with van der Waals surface area (Å²) in [6.45, 7) is 0.577. The lowest BCUT2D eigenvalue weighted by Crippen LogP contribution is -2.11. The largest absolute Gasteiger partial charge is 0.497 e. The zero-order valence-electron chi connectivity index (χ0n) is 20.8. The number of methoxy groups -OCH3 is 1. The lowest BCUT2D eigenvalue weighted by molar-refractivity contribution is 0.100. The fraction of sp³-hybridized carbons (Fsp3) is 0.0606. The van der Waals surface area contributed by atoms with Crippen molar-refractivity contribution in [3.63, 3.8) is 0 Å². The van der Waals surface area contributed by atoms with Gasteiger partial charge in [0.1, 0.15) is 17.2 Å². The maximum absolute atomic E-state index is 12.4. The highest BCUT2D eigenvalue weighted by atomic mass is 16.5. The highest BCUT2D eigenvalue weighted by molar-refractivity contribution is 6.18. The molecule has 185 valence electrons.